The molecule has 0 saturated carbocycles. The summed E-state index contributed by atoms with van der Waals surface area (Å²) in [5.74, 6) is 0.260. The van der Waals surface area contributed by atoms with E-state index in [1.807, 2.05) is 13.8 Å². The van der Waals surface area contributed by atoms with Gasteiger partial charge in [-0.05, 0) is 25.2 Å². The number of hydrogen-bond acceptors (Lipinski definition) is 4. The Kier molecular flexibility index (Phi) is 15.1. The normalized spacial score (nSPS) is 10.8. The molecule has 0 amide bonds. The van der Waals surface area contributed by atoms with E-state index in [0.29, 0.717) is 32.0 Å². The van der Waals surface area contributed by atoms with E-state index in [1.54, 1.807) is 0 Å². The number of unbranched alkanes of at least 4 members (excludes halogenated alkanes) is 7. The van der Waals surface area contributed by atoms with Crippen molar-refractivity contribution < 1.29 is 19.1 Å². The Morgan fingerprint density at radius 1 is 0.739 bits per heavy atom. The molecule has 0 unspecified atom stereocenters. The minimum atomic E-state index is -0.0791. The monoisotopic (exact) mass is 328 g/mol. The van der Waals surface area contributed by atoms with Gasteiger partial charge in [-0.1, -0.05) is 59.3 Å². The zero-order valence-electron chi connectivity index (χ0n) is 15.4. The van der Waals surface area contributed by atoms with Crippen LogP contribution in [0.5, 0.6) is 0 Å². The first-order valence-corrected chi connectivity index (χ1v) is 9.37. The van der Waals surface area contributed by atoms with E-state index >= 15 is 0 Å². The van der Waals surface area contributed by atoms with E-state index < -0.39 is 0 Å². The molecule has 0 radical (unpaired) electrons. The number of rotatable bonds is 15. The van der Waals surface area contributed by atoms with E-state index in [0.717, 1.165) is 57.8 Å². The maximum absolute atomic E-state index is 11.5. The van der Waals surface area contributed by atoms with Gasteiger partial charge in [-0.25, -0.2) is 0 Å². The number of carbonyl (C=O) groups is 2. The van der Waals surface area contributed by atoms with Crippen LogP contribution in [0.15, 0.2) is 0 Å². The SMILES string of the molecule is CCCCCOC(=O)CCCCCCCCC(=O)OCC(C)C. The van der Waals surface area contributed by atoms with Crippen molar-refractivity contribution >= 4 is 11.9 Å². The maximum atomic E-state index is 11.5. The summed E-state index contributed by atoms with van der Waals surface area (Å²) >= 11 is 0. The third kappa shape index (κ3) is 17.1. The molecular weight excluding hydrogens is 292 g/mol. The lowest BCUT2D eigenvalue weighted by molar-refractivity contribution is -0.145. The van der Waals surface area contributed by atoms with Gasteiger partial charge < -0.3 is 9.47 Å². The largest absolute Gasteiger partial charge is 0.466 e. The molecule has 0 aliphatic heterocycles. The van der Waals surface area contributed by atoms with Crippen molar-refractivity contribution in [2.24, 2.45) is 5.92 Å². The second-order valence-electron chi connectivity index (χ2n) is 6.63. The van der Waals surface area contributed by atoms with Crippen molar-refractivity contribution in [1.82, 2.24) is 0 Å². The Bertz CT molecular complexity index is 300. The lowest BCUT2D eigenvalue weighted by Crippen LogP contribution is -2.09. The molecular formula is C19H36O4. The average molecular weight is 328 g/mol. The van der Waals surface area contributed by atoms with Crippen molar-refractivity contribution in [2.75, 3.05) is 13.2 Å². The maximum Gasteiger partial charge on any atom is 0.305 e. The zero-order valence-corrected chi connectivity index (χ0v) is 15.4. The number of ether oxygens (including phenoxy) is 2. The van der Waals surface area contributed by atoms with Crippen LogP contribution in [-0.4, -0.2) is 25.2 Å². The summed E-state index contributed by atoms with van der Waals surface area (Å²) in [5.41, 5.74) is 0. The smallest absolute Gasteiger partial charge is 0.305 e. The molecule has 0 rings (SSSR count). The quantitative estimate of drug-likeness (QED) is 0.312. The van der Waals surface area contributed by atoms with Gasteiger partial charge in [0.25, 0.3) is 0 Å². The summed E-state index contributed by atoms with van der Waals surface area (Å²) in [5, 5.41) is 0. The summed E-state index contributed by atoms with van der Waals surface area (Å²) in [6.45, 7) is 7.30. The molecule has 136 valence electrons. The first-order chi connectivity index (χ1) is 11.1. The fraction of sp³-hybridized carbons (Fsp3) is 0.895. The highest BCUT2D eigenvalue weighted by Crippen LogP contribution is 2.10. The molecule has 4 nitrogen and oxygen atoms in total. The molecule has 0 saturated heterocycles. The highest BCUT2D eigenvalue weighted by molar-refractivity contribution is 5.69. The molecule has 0 atom stereocenters. The summed E-state index contributed by atoms with van der Waals surface area (Å²) in [4.78, 5) is 22.9. The molecule has 0 N–H and O–H groups in total. The summed E-state index contributed by atoms with van der Waals surface area (Å²) in [7, 11) is 0. The second-order valence-corrected chi connectivity index (χ2v) is 6.63. The van der Waals surface area contributed by atoms with Gasteiger partial charge in [0.15, 0.2) is 0 Å². The van der Waals surface area contributed by atoms with Crippen molar-refractivity contribution in [3.63, 3.8) is 0 Å². The Balaban J connectivity index is 3.26. The zero-order chi connectivity index (χ0) is 17.3. The fourth-order valence-electron chi connectivity index (χ4n) is 2.19. The summed E-state index contributed by atoms with van der Waals surface area (Å²) in [6, 6.07) is 0. The third-order valence-electron chi connectivity index (χ3n) is 3.60. The fourth-order valence-corrected chi connectivity index (χ4v) is 2.19. The Hall–Kier alpha value is -1.06. The van der Waals surface area contributed by atoms with Gasteiger partial charge in [-0.15, -0.1) is 0 Å². The van der Waals surface area contributed by atoms with Crippen LogP contribution in [-0.2, 0) is 19.1 Å². The van der Waals surface area contributed by atoms with Crippen LogP contribution in [0.4, 0.5) is 0 Å². The van der Waals surface area contributed by atoms with Gasteiger partial charge in [-0.2, -0.15) is 0 Å². The standard InChI is InChI=1S/C19H36O4/c1-4-5-12-15-22-18(20)13-10-8-6-7-9-11-14-19(21)23-16-17(2)3/h17H,4-16H2,1-3H3. The van der Waals surface area contributed by atoms with Crippen molar-refractivity contribution in [3.8, 4) is 0 Å². The first kappa shape index (κ1) is 21.9. The van der Waals surface area contributed by atoms with E-state index in [9.17, 15) is 9.59 Å². The van der Waals surface area contributed by atoms with Gasteiger partial charge in [0.1, 0.15) is 0 Å². The number of carbonyl (C=O) groups excluding carboxylic acids is 2. The van der Waals surface area contributed by atoms with Gasteiger partial charge in [0.05, 0.1) is 13.2 Å². The minimum Gasteiger partial charge on any atom is -0.466 e. The highest BCUT2D eigenvalue weighted by atomic mass is 16.5. The van der Waals surface area contributed by atoms with E-state index in [2.05, 4.69) is 6.92 Å². The van der Waals surface area contributed by atoms with Crippen molar-refractivity contribution in [3.05, 3.63) is 0 Å². The summed E-state index contributed by atoms with van der Waals surface area (Å²) < 4.78 is 10.3. The first-order valence-electron chi connectivity index (χ1n) is 9.37. The Morgan fingerprint density at radius 3 is 1.78 bits per heavy atom. The Morgan fingerprint density at radius 2 is 1.26 bits per heavy atom. The van der Waals surface area contributed by atoms with E-state index in [4.69, 9.17) is 9.47 Å². The van der Waals surface area contributed by atoms with Gasteiger partial charge >= 0.3 is 11.9 Å². The van der Waals surface area contributed by atoms with Gasteiger partial charge in [-0.3, -0.25) is 9.59 Å². The Labute approximate surface area is 142 Å². The predicted octanol–water partition coefficient (Wildman–Crippen LogP) is 5.04. The van der Waals surface area contributed by atoms with Crippen molar-refractivity contribution in [2.45, 2.75) is 91.4 Å². The van der Waals surface area contributed by atoms with Crippen LogP contribution in [0.1, 0.15) is 91.4 Å². The summed E-state index contributed by atoms with van der Waals surface area (Å²) in [6.07, 6.45) is 10.4. The van der Waals surface area contributed by atoms with Crippen molar-refractivity contribution in [1.29, 1.82) is 0 Å². The van der Waals surface area contributed by atoms with Gasteiger partial charge in [0.2, 0.25) is 0 Å². The van der Waals surface area contributed by atoms with Gasteiger partial charge in [0, 0.05) is 12.8 Å². The second kappa shape index (κ2) is 15.8. The van der Waals surface area contributed by atoms with Crippen LogP contribution in [0.25, 0.3) is 0 Å². The molecule has 0 aromatic heterocycles. The number of hydrogen-bond donors (Lipinski definition) is 0. The molecule has 0 heterocycles. The number of esters is 2. The molecule has 0 aliphatic carbocycles. The predicted molar refractivity (Wildman–Crippen MR) is 93.2 cm³/mol. The average Bonchev–Trinajstić information content (AvgIpc) is 2.52. The lowest BCUT2D eigenvalue weighted by Gasteiger charge is -2.07. The molecule has 0 aromatic rings. The molecule has 0 aromatic carbocycles. The molecule has 0 bridgehead atoms. The van der Waals surface area contributed by atoms with Crippen LogP contribution in [0, 0.1) is 5.92 Å². The lowest BCUT2D eigenvalue weighted by atomic mass is 10.1. The highest BCUT2D eigenvalue weighted by Gasteiger charge is 2.04. The van der Waals surface area contributed by atoms with Crippen LogP contribution >= 0.6 is 0 Å². The molecule has 0 spiro atoms. The van der Waals surface area contributed by atoms with Crippen LogP contribution in [0.2, 0.25) is 0 Å². The van der Waals surface area contributed by atoms with E-state index in [-0.39, 0.29) is 11.9 Å². The third-order valence-corrected chi connectivity index (χ3v) is 3.60. The van der Waals surface area contributed by atoms with Crippen LogP contribution < -0.4 is 0 Å². The minimum absolute atomic E-state index is 0.0611. The molecule has 0 fully saturated rings. The topological polar surface area (TPSA) is 52.6 Å². The van der Waals surface area contributed by atoms with E-state index in [1.165, 1.54) is 0 Å². The molecule has 0 aliphatic rings. The van der Waals surface area contributed by atoms with Crippen LogP contribution in [0.3, 0.4) is 0 Å². The molecule has 23 heavy (non-hydrogen) atoms. The molecule has 4 heteroatoms.